The second-order valence-corrected chi connectivity index (χ2v) is 3.57. The molecule has 3 heteroatoms. The highest BCUT2D eigenvalue weighted by Crippen LogP contribution is 2.19. The van der Waals surface area contributed by atoms with E-state index in [-0.39, 0.29) is 6.04 Å². The Morgan fingerprint density at radius 3 is 2.75 bits per heavy atom. The molecular formula is C13H21NO2. The van der Waals surface area contributed by atoms with Crippen molar-refractivity contribution >= 4 is 0 Å². The smallest absolute Gasteiger partial charge is 0.119 e. The average molecular weight is 223 g/mol. The van der Waals surface area contributed by atoms with Gasteiger partial charge in [-0.15, -0.1) is 0 Å². The zero-order chi connectivity index (χ0) is 11.8. The minimum absolute atomic E-state index is 0.232. The van der Waals surface area contributed by atoms with Crippen LogP contribution in [0.4, 0.5) is 0 Å². The van der Waals surface area contributed by atoms with Gasteiger partial charge >= 0.3 is 0 Å². The molecule has 1 aromatic rings. The zero-order valence-electron chi connectivity index (χ0n) is 10.3. The largest absolute Gasteiger partial charge is 0.494 e. The van der Waals surface area contributed by atoms with Crippen molar-refractivity contribution in [3.8, 4) is 5.75 Å². The Labute approximate surface area is 97.8 Å². The Bertz CT molecular complexity index is 296. The highest BCUT2D eigenvalue weighted by Gasteiger charge is 2.10. The van der Waals surface area contributed by atoms with Crippen molar-refractivity contribution in [2.24, 2.45) is 0 Å². The Balaban J connectivity index is 2.77. The molecule has 0 saturated heterocycles. The Morgan fingerprint density at radius 2 is 2.12 bits per heavy atom. The van der Waals surface area contributed by atoms with Crippen molar-refractivity contribution in [2.45, 2.75) is 19.9 Å². The molecule has 1 rings (SSSR count). The monoisotopic (exact) mass is 223 g/mol. The normalized spacial score (nSPS) is 12.4. The molecule has 0 amide bonds. The van der Waals surface area contributed by atoms with Crippen LogP contribution in [0.3, 0.4) is 0 Å². The van der Waals surface area contributed by atoms with E-state index in [0.717, 1.165) is 12.3 Å². The molecule has 1 atom stereocenters. The van der Waals surface area contributed by atoms with E-state index < -0.39 is 0 Å². The lowest BCUT2D eigenvalue weighted by atomic mass is 10.1. The molecule has 0 aliphatic heterocycles. The number of hydrogen-bond acceptors (Lipinski definition) is 3. The summed E-state index contributed by atoms with van der Waals surface area (Å²) in [5.41, 5.74) is 1.20. The fraction of sp³-hybridized carbons (Fsp3) is 0.538. The van der Waals surface area contributed by atoms with Crippen LogP contribution in [0.5, 0.6) is 5.75 Å². The van der Waals surface area contributed by atoms with Crippen LogP contribution < -0.4 is 10.1 Å². The maximum absolute atomic E-state index is 5.48. The first-order valence-electron chi connectivity index (χ1n) is 5.76. The summed E-state index contributed by atoms with van der Waals surface area (Å²) in [7, 11) is 1.72. The van der Waals surface area contributed by atoms with Gasteiger partial charge in [-0.05, 0) is 31.2 Å². The van der Waals surface area contributed by atoms with Gasteiger partial charge < -0.3 is 14.8 Å². The molecule has 1 unspecified atom stereocenters. The molecule has 0 spiro atoms. The predicted molar refractivity (Wildman–Crippen MR) is 65.9 cm³/mol. The fourth-order valence-electron chi connectivity index (χ4n) is 1.67. The molecule has 0 bridgehead atoms. The Morgan fingerprint density at radius 1 is 1.31 bits per heavy atom. The molecule has 90 valence electrons. The molecule has 1 N–H and O–H groups in total. The molecule has 16 heavy (non-hydrogen) atoms. The molecule has 0 fully saturated rings. The third-order valence-corrected chi connectivity index (χ3v) is 2.36. The van der Waals surface area contributed by atoms with Gasteiger partial charge in [0.2, 0.25) is 0 Å². The highest BCUT2D eigenvalue weighted by molar-refractivity contribution is 5.30. The van der Waals surface area contributed by atoms with Gasteiger partial charge in [0.05, 0.1) is 19.3 Å². The van der Waals surface area contributed by atoms with E-state index in [1.165, 1.54) is 5.56 Å². The summed E-state index contributed by atoms with van der Waals surface area (Å²) in [6.07, 6.45) is 0. The fourth-order valence-corrected chi connectivity index (χ4v) is 1.67. The average Bonchev–Trinajstić information content (AvgIpc) is 2.30. The molecule has 3 nitrogen and oxygen atoms in total. The molecule has 0 saturated carbocycles. The van der Waals surface area contributed by atoms with E-state index in [0.29, 0.717) is 13.2 Å². The first kappa shape index (κ1) is 13.0. The first-order chi connectivity index (χ1) is 7.81. The second-order valence-electron chi connectivity index (χ2n) is 3.57. The molecule has 0 aliphatic carbocycles. The molecule has 0 aromatic heterocycles. The number of rotatable bonds is 7. The lowest BCUT2D eigenvalue weighted by Gasteiger charge is -2.18. The summed E-state index contributed by atoms with van der Waals surface area (Å²) in [5, 5.41) is 3.39. The highest BCUT2D eigenvalue weighted by atomic mass is 16.5. The molecule has 1 aromatic carbocycles. The predicted octanol–water partition coefficient (Wildman–Crippen LogP) is 2.38. The van der Waals surface area contributed by atoms with E-state index in [1.54, 1.807) is 7.11 Å². The summed E-state index contributed by atoms with van der Waals surface area (Å²) in [6.45, 7) is 6.37. The van der Waals surface area contributed by atoms with Crippen molar-refractivity contribution < 1.29 is 9.47 Å². The standard InChI is InChI=1S/C13H21NO2/c1-4-14-13(10-15-3)11-7-6-8-12(9-11)16-5-2/h6-9,13-14H,4-5,10H2,1-3H3. The number of ether oxygens (including phenoxy) is 2. The third kappa shape index (κ3) is 3.83. The third-order valence-electron chi connectivity index (χ3n) is 2.36. The van der Waals surface area contributed by atoms with Gasteiger partial charge in [0.15, 0.2) is 0 Å². The Hall–Kier alpha value is -1.06. The SMILES string of the molecule is CCNC(COC)c1cccc(OCC)c1. The summed E-state index contributed by atoms with van der Waals surface area (Å²) in [4.78, 5) is 0. The van der Waals surface area contributed by atoms with Gasteiger partial charge in [-0.25, -0.2) is 0 Å². The Kier molecular flexibility index (Phi) is 5.90. The number of methoxy groups -OCH3 is 1. The van der Waals surface area contributed by atoms with Crippen molar-refractivity contribution in [2.75, 3.05) is 26.9 Å². The minimum atomic E-state index is 0.232. The summed E-state index contributed by atoms with van der Waals surface area (Å²) in [5.74, 6) is 0.916. The lowest BCUT2D eigenvalue weighted by Crippen LogP contribution is -2.24. The van der Waals surface area contributed by atoms with Gasteiger partial charge in [0.25, 0.3) is 0 Å². The molecule has 0 aliphatic rings. The van der Waals surface area contributed by atoms with Gasteiger partial charge in [-0.2, -0.15) is 0 Å². The summed E-state index contributed by atoms with van der Waals surface area (Å²) < 4.78 is 10.7. The number of hydrogen-bond donors (Lipinski definition) is 1. The lowest BCUT2D eigenvalue weighted by molar-refractivity contribution is 0.167. The van der Waals surface area contributed by atoms with Gasteiger partial charge in [0.1, 0.15) is 5.75 Å². The summed E-state index contributed by atoms with van der Waals surface area (Å²) in [6, 6.07) is 8.38. The second kappa shape index (κ2) is 7.25. The van der Waals surface area contributed by atoms with Gasteiger partial charge in [0, 0.05) is 7.11 Å². The van der Waals surface area contributed by atoms with Gasteiger partial charge in [-0.1, -0.05) is 19.1 Å². The van der Waals surface area contributed by atoms with E-state index in [4.69, 9.17) is 9.47 Å². The van der Waals surface area contributed by atoms with Crippen molar-refractivity contribution in [1.29, 1.82) is 0 Å². The zero-order valence-corrected chi connectivity index (χ0v) is 10.3. The molecular weight excluding hydrogens is 202 g/mol. The van der Waals surface area contributed by atoms with Crippen LogP contribution in [0.15, 0.2) is 24.3 Å². The van der Waals surface area contributed by atoms with Crippen LogP contribution in [0.2, 0.25) is 0 Å². The topological polar surface area (TPSA) is 30.5 Å². The molecule has 0 radical (unpaired) electrons. The van der Waals surface area contributed by atoms with Crippen LogP contribution >= 0.6 is 0 Å². The number of likely N-dealkylation sites (N-methyl/N-ethyl adjacent to an activating group) is 1. The summed E-state index contributed by atoms with van der Waals surface area (Å²) >= 11 is 0. The van der Waals surface area contributed by atoms with Crippen molar-refractivity contribution in [1.82, 2.24) is 5.32 Å². The van der Waals surface area contributed by atoms with Crippen LogP contribution in [-0.2, 0) is 4.74 Å². The molecule has 0 heterocycles. The van der Waals surface area contributed by atoms with Crippen molar-refractivity contribution in [3.63, 3.8) is 0 Å². The maximum atomic E-state index is 5.48. The quantitative estimate of drug-likeness (QED) is 0.770. The minimum Gasteiger partial charge on any atom is -0.494 e. The van der Waals surface area contributed by atoms with Crippen LogP contribution in [0, 0.1) is 0 Å². The van der Waals surface area contributed by atoms with E-state index in [1.807, 2.05) is 19.1 Å². The number of nitrogens with one attached hydrogen (secondary N) is 1. The van der Waals surface area contributed by atoms with Crippen LogP contribution in [0.1, 0.15) is 25.5 Å². The van der Waals surface area contributed by atoms with E-state index >= 15 is 0 Å². The maximum Gasteiger partial charge on any atom is 0.119 e. The van der Waals surface area contributed by atoms with E-state index in [2.05, 4.69) is 24.4 Å². The number of benzene rings is 1. The van der Waals surface area contributed by atoms with Crippen molar-refractivity contribution in [3.05, 3.63) is 29.8 Å². The van der Waals surface area contributed by atoms with Crippen LogP contribution in [0.25, 0.3) is 0 Å². The first-order valence-corrected chi connectivity index (χ1v) is 5.76. The van der Waals surface area contributed by atoms with Crippen LogP contribution in [-0.4, -0.2) is 26.9 Å². The van der Waals surface area contributed by atoms with E-state index in [9.17, 15) is 0 Å². The van der Waals surface area contributed by atoms with Gasteiger partial charge in [-0.3, -0.25) is 0 Å².